The molecule has 94 valence electrons. The third-order valence-electron chi connectivity index (χ3n) is 1.96. The van der Waals surface area contributed by atoms with E-state index >= 15 is 0 Å². The van der Waals surface area contributed by atoms with Gasteiger partial charge in [0.25, 0.3) is 0 Å². The van der Waals surface area contributed by atoms with Crippen molar-refractivity contribution in [2.24, 2.45) is 9.98 Å². The van der Waals surface area contributed by atoms with E-state index < -0.39 is 12.0 Å². The lowest BCUT2D eigenvalue weighted by molar-refractivity contribution is -0.125. The van der Waals surface area contributed by atoms with Gasteiger partial charge in [0.1, 0.15) is 0 Å². The van der Waals surface area contributed by atoms with Gasteiger partial charge in [-0.3, -0.25) is 4.79 Å². The van der Waals surface area contributed by atoms with E-state index in [1.807, 2.05) is 32.0 Å². The number of halogens is 1. The number of rotatable bonds is 3. The van der Waals surface area contributed by atoms with Crippen molar-refractivity contribution >= 4 is 24.3 Å². The Hall–Kier alpha value is -1.58. The van der Waals surface area contributed by atoms with Crippen molar-refractivity contribution in [3.05, 3.63) is 24.1 Å². The third kappa shape index (κ3) is 4.43. The fourth-order valence-corrected chi connectivity index (χ4v) is 1.20. The Morgan fingerprint density at radius 2 is 2.29 bits per heavy atom. The third-order valence-corrected chi connectivity index (χ3v) is 1.96. The summed E-state index contributed by atoms with van der Waals surface area (Å²) in [4.78, 5) is 20.8. The Kier molecular flexibility index (Phi) is 6.94. The van der Waals surface area contributed by atoms with Gasteiger partial charge in [0.2, 0.25) is 6.10 Å². The number of hydrogen-bond donors (Lipinski definition) is 0. The summed E-state index contributed by atoms with van der Waals surface area (Å²) in [7, 11) is 3.69. The molecule has 1 aliphatic heterocycles. The van der Waals surface area contributed by atoms with Crippen molar-refractivity contribution in [3.63, 3.8) is 0 Å². The number of ether oxygens (including phenoxy) is 1. The van der Waals surface area contributed by atoms with E-state index in [9.17, 15) is 4.79 Å². The molecule has 1 aliphatic rings. The number of carbonyl (C=O) groups is 1. The topological polar surface area (TPSA) is 54.3 Å². The van der Waals surface area contributed by atoms with Crippen LogP contribution in [-0.2, 0) is 9.53 Å². The van der Waals surface area contributed by atoms with Crippen molar-refractivity contribution in [1.29, 1.82) is 0 Å². The molecule has 6 heteroatoms. The summed E-state index contributed by atoms with van der Waals surface area (Å²) in [6.07, 6.45) is 4.34. The standard InChI is InChI=1S/C11H15N3O2.ClH/c1-4-12-8-13-11(15)10-9(14(2)3)6-5-7-16-10;/h5-7,10H,4H2,1-3H3;1H. The number of carbonyl (C=O) groups excluding carboxylic acids is 1. The van der Waals surface area contributed by atoms with Crippen LogP contribution in [0.5, 0.6) is 0 Å². The highest BCUT2D eigenvalue weighted by molar-refractivity contribution is 5.88. The molecule has 1 heterocycles. The first kappa shape index (κ1) is 15.4. The first-order chi connectivity index (χ1) is 7.66. The highest BCUT2D eigenvalue weighted by Gasteiger charge is 2.26. The van der Waals surface area contributed by atoms with Crippen LogP contribution in [0.2, 0.25) is 0 Å². The van der Waals surface area contributed by atoms with E-state index in [-0.39, 0.29) is 12.4 Å². The smallest absolute Gasteiger partial charge is 0.302 e. The molecule has 1 amide bonds. The molecule has 0 saturated heterocycles. The molecular weight excluding hydrogens is 242 g/mol. The van der Waals surface area contributed by atoms with Crippen LogP contribution >= 0.6 is 12.4 Å². The fourth-order valence-electron chi connectivity index (χ4n) is 1.20. The highest BCUT2D eigenvalue weighted by atomic mass is 35.5. The molecule has 5 nitrogen and oxygen atoms in total. The minimum atomic E-state index is -0.695. The van der Waals surface area contributed by atoms with Gasteiger partial charge in [-0.15, -0.1) is 17.4 Å². The molecule has 17 heavy (non-hydrogen) atoms. The van der Waals surface area contributed by atoms with Crippen LogP contribution in [0, 0.1) is 0 Å². The maximum absolute atomic E-state index is 11.7. The van der Waals surface area contributed by atoms with Gasteiger partial charge in [0, 0.05) is 20.6 Å². The monoisotopic (exact) mass is 257 g/mol. The Balaban J connectivity index is 0.00000256. The van der Waals surface area contributed by atoms with Crippen LogP contribution in [0.25, 0.3) is 0 Å². The number of amides is 1. The van der Waals surface area contributed by atoms with Gasteiger partial charge in [0.15, 0.2) is 0 Å². The number of likely N-dealkylation sites (N-methyl/N-ethyl adjacent to an activating group) is 1. The largest absolute Gasteiger partial charge is 0.482 e. The molecule has 0 saturated carbocycles. The van der Waals surface area contributed by atoms with Crippen molar-refractivity contribution in [1.82, 2.24) is 4.90 Å². The van der Waals surface area contributed by atoms with E-state index in [2.05, 4.69) is 16.0 Å². The van der Waals surface area contributed by atoms with Gasteiger partial charge >= 0.3 is 5.91 Å². The number of allylic oxidation sites excluding steroid dienone is 2. The zero-order chi connectivity index (χ0) is 12.0. The summed E-state index contributed by atoms with van der Waals surface area (Å²) in [5.41, 5.74) is 0.759. The molecule has 1 unspecified atom stereocenters. The van der Waals surface area contributed by atoms with E-state index in [4.69, 9.17) is 4.74 Å². The van der Waals surface area contributed by atoms with E-state index in [1.54, 1.807) is 6.08 Å². The fraction of sp³-hybridized carbons (Fsp3) is 0.455. The number of nitrogens with zero attached hydrogens (tertiary/aromatic N) is 3. The average Bonchev–Trinajstić information content (AvgIpc) is 2.29. The molecular formula is C11H16ClN3O2. The summed E-state index contributed by atoms with van der Waals surface area (Å²) >= 11 is 0. The normalized spacial score (nSPS) is 16.9. The number of hydrogen-bond acceptors (Lipinski definition) is 4. The Morgan fingerprint density at radius 1 is 1.59 bits per heavy atom. The Morgan fingerprint density at radius 3 is 2.88 bits per heavy atom. The Labute approximate surface area is 107 Å². The molecule has 0 aromatic heterocycles. The minimum Gasteiger partial charge on any atom is -0.482 e. The van der Waals surface area contributed by atoms with Crippen LogP contribution in [0.15, 0.2) is 34.1 Å². The molecule has 0 radical (unpaired) electrons. The second-order valence-electron chi connectivity index (χ2n) is 3.35. The molecule has 0 aliphatic carbocycles. The Bertz CT molecular complexity index is 382. The molecule has 1 rings (SSSR count). The van der Waals surface area contributed by atoms with E-state index in [0.717, 1.165) is 5.70 Å². The second kappa shape index (κ2) is 7.65. The lowest BCUT2D eigenvalue weighted by Crippen LogP contribution is -2.32. The average molecular weight is 258 g/mol. The van der Waals surface area contributed by atoms with Crippen LogP contribution in [-0.4, -0.2) is 43.6 Å². The van der Waals surface area contributed by atoms with Crippen molar-refractivity contribution in [2.45, 2.75) is 13.0 Å². The zero-order valence-corrected chi connectivity index (χ0v) is 10.9. The van der Waals surface area contributed by atoms with E-state index in [0.29, 0.717) is 6.54 Å². The molecule has 1 atom stereocenters. The summed E-state index contributed by atoms with van der Waals surface area (Å²) in [5.74, 6) is -0.401. The van der Waals surface area contributed by atoms with Gasteiger partial charge in [0.05, 0.1) is 18.0 Å². The van der Waals surface area contributed by atoms with Gasteiger partial charge in [-0.1, -0.05) is 0 Å². The SMILES string of the molecule is CCN=C=NC(=O)C1OC=CC=C1N(C)C.Cl. The van der Waals surface area contributed by atoms with Crippen LogP contribution in [0.1, 0.15) is 6.92 Å². The molecule has 0 N–H and O–H groups in total. The van der Waals surface area contributed by atoms with Crippen LogP contribution in [0.4, 0.5) is 0 Å². The first-order valence-electron chi connectivity index (χ1n) is 5.02. The summed E-state index contributed by atoms with van der Waals surface area (Å²) in [6, 6.07) is 2.34. The van der Waals surface area contributed by atoms with Crippen molar-refractivity contribution in [3.8, 4) is 0 Å². The van der Waals surface area contributed by atoms with Crippen LogP contribution < -0.4 is 0 Å². The second-order valence-corrected chi connectivity index (χ2v) is 3.35. The quantitative estimate of drug-likeness (QED) is 0.720. The lowest BCUT2D eigenvalue weighted by Gasteiger charge is -2.24. The van der Waals surface area contributed by atoms with Crippen molar-refractivity contribution in [2.75, 3.05) is 20.6 Å². The van der Waals surface area contributed by atoms with Crippen molar-refractivity contribution < 1.29 is 9.53 Å². The molecule has 0 aromatic rings. The predicted octanol–water partition coefficient (Wildman–Crippen LogP) is 1.49. The highest BCUT2D eigenvalue weighted by Crippen LogP contribution is 2.15. The molecule has 0 fully saturated rings. The predicted molar refractivity (Wildman–Crippen MR) is 68.4 cm³/mol. The van der Waals surface area contributed by atoms with E-state index in [1.165, 1.54) is 6.26 Å². The van der Waals surface area contributed by atoms with Gasteiger partial charge in [-0.25, -0.2) is 4.99 Å². The zero-order valence-electron chi connectivity index (χ0n) is 10.1. The van der Waals surface area contributed by atoms with Crippen LogP contribution in [0.3, 0.4) is 0 Å². The maximum Gasteiger partial charge on any atom is 0.302 e. The molecule has 0 aromatic carbocycles. The first-order valence-corrected chi connectivity index (χ1v) is 5.02. The summed E-state index contributed by atoms with van der Waals surface area (Å²) < 4.78 is 5.23. The lowest BCUT2D eigenvalue weighted by atomic mass is 10.2. The maximum atomic E-state index is 11.7. The molecule has 0 spiro atoms. The van der Waals surface area contributed by atoms with Gasteiger partial charge in [-0.05, 0) is 19.1 Å². The number of aliphatic imine (C=N–C) groups is 2. The summed E-state index contributed by atoms with van der Waals surface area (Å²) in [5, 5.41) is 0. The summed E-state index contributed by atoms with van der Waals surface area (Å²) in [6.45, 7) is 2.40. The van der Waals surface area contributed by atoms with Gasteiger partial charge in [-0.2, -0.15) is 0 Å². The van der Waals surface area contributed by atoms with Gasteiger partial charge < -0.3 is 9.64 Å². The molecule has 0 bridgehead atoms. The minimum absolute atomic E-state index is 0.